The van der Waals surface area contributed by atoms with Crippen LogP contribution >= 0.6 is 22.9 Å². The molecular weight excluding hydrogens is 462 g/mol. The monoisotopic (exact) mass is 483 g/mol. The lowest BCUT2D eigenvalue weighted by atomic mass is 9.88. The number of aromatic nitrogens is 2. The zero-order chi connectivity index (χ0) is 23.3. The second-order valence-electron chi connectivity index (χ2n) is 8.03. The van der Waals surface area contributed by atoms with E-state index in [4.69, 9.17) is 16.6 Å². The highest BCUT2D eigenvalue weighted by atomic mass is 35.5. The molecule has 168 valence electrons. The molecule has 3 aromatic carbocycles. The molecule has 6 heteroatoms. The molecule has 1 amide bonds. The van der Waals surface area contributed by atoms with Crippen LogP contribution in [0.2, 0.25) is 5.02 Å². The molecule has 5 rings (SSSR count). The minimum absolute atomic E-state index is 0.00622. The highest BCUT2D eigenvalue weighted by Gasteiger charge is 2.25. The van der Waals surface area contributed by atoms with Crippen LogP contribution in [0.1, 0.15) is 29.0 Å². The number of amides is 1. The number of anilines is 1. The van der Waals surface area contributed by atoms with Gasteiger partial charge in [-0.2, -0.15) is 0 Å². The third-order valence-corrected chi connectivity index (χ3v) is 6.99. The molecule has 0 bridgehead atoms. The van der Waals surface area contributed by atoms with Gasteiger partial charge < -0.3 is 0 Å². The van der Waals surface area contributed by atoms with Crippen LogP contribution in [0.5, 0.6) is 0 Å². The molecule has 0 saturated carbocycles. The molecular formula is C28H22ClN3OS. The van der Waals surface area contributed by atoms with Crippen molar-refractivity contribution in [3.05, 3.63) is 125 Å². The van der Waals surface area contributed by atoms with Crippen molar-refractivity contribution in [3.8, 4) is 0 Å². The summed E-state index contributed by atoms with van der Waals surface area (Å²) in [6.45, 7) is 0.399. The molecule has 0 spiro atoms. The van der Waals surface area contributed by atoms with Gasteiger partial charge in [0.25, 0.3) is 0 Å². The SMILES string of the molecule is O=C(CC(c1ccccc1)c1ccccc1)N(Cc1cccnc1)c1nc2ccc(Cl)cc2s1. The van der Waals surface area contributed by atoms with Gasteiger partial charge in [0.1, 0.15) is 0 Å². The van der Waals surface area contributed by atoms with Crippen LogP contribution in [0.15, 0.2) is 103 Å². The average Bonchev–Trinajstić information content (AvgIpc) is 3.30. The van der Waals surface area contributed by atoms with Gasteiger partial charge in [-0.3, -0.25) is 14.7 Å². The molecule has 2 aromatic heterocycles. The molecule has 4 nitrogen and oxygen atoms in total. The van der Waals surface area contributed by atoms with Crippen LogP contribution in [0.25, 0.3) is 10.2 Å². The van der Waals surface area contributed by atoms with E-state index >= 15 is 0 Å². The highest BCUT2D eigenvalue weighted by molar-refractivity contribution is 7.22. The first-order chi connectivity index (χ1) is 16.7. The number of pyridine rings is 1. The predicted molar refractivity (Wildman–Crippen MR) is 139 cm³/mol. The summed E-state index contributed by atoms with van der Waals surface area (Å²) in [5, 5.41) is 1.31. The van der Waals surface area contributed by atoms with Crippen LogP contribution < -0.4 is 4.90 Å². The molecule has 34 heavy (non-hydrogen) atoms. The standard InChI is InChI=1S/C28H22ClN3OS/c29-23-13-14-25-26(16-23)34-28(31-25)32(19-20-8-7-15-30-18-20)27(33)17-24(21-9-3-1-4-10-21)22-11-5-2-6-12-22/h1-16,18,24H,17,19H2. The first kappa shape index (κ1) is 22.3. The maximum Gasteiger partial charge on any atom is 0.230 e. The summed E-state index contributed by atoms with van der Waals surface area (Å²) in [6, 6.07) is 29.8. The Bertz CT molecular complexity index is 1350. The second kappa shape index (κ2) is 10.2. The first-order valence-electron chi connectivity index (χ1n) is 11.0. The van der Waals surface area contributed by atoms with Crippen molar-refractivity contribution in [1.82, 2.24) is 9.97 Å². The van der Waals surface area contributed by atoms with E-state index in [1.165, 1.54) is 11.3 Å². The summed E-state index contributed by atoms with van der Waals surface area (Å²) in [5.41, 5.74) is 4.00. The van der Waals surface area contributed by atoms with Gasteiger partial charge in [0.05, 0.1) is 16.8 Å². The number of benzene rings is 3. The number of thiazole rings is 1. The molecule has 0 radical (unpaired) electrons. The fourth-order valence-corrected chi connectivity index (χ4v) is 5.28. The van der Waals surface area contributed by atoms with E-state index < -0.39 is 0 Å². The highest BCUT2D eigenvalue weighted by Crippen LogP contribution is 2.34. The largest absolute Gasteiger partial charge is 0.284 e. The summed E-state index contributed by atoms with van der Waals surface area (Å²) in [7, 11) is 0. The van der Waals surface area contributed by atoms with E-state index in [0.29, 0.717) is 23.1 Å². The van der Waals surface area contributed by atoms with Crippen LogP contribution in [0.3, 0.4) is 0 Å². The number of halogens is 1. The molecule has 0 aliphatic rings. The Hall–Kier alpha value is -3.54. The predicted octanol–water partition coefficient (Wildman–Crippen LogP) is 7.10. The number of nitrogens with zero attached hydrogens (tertiary/aromatic N) is 3. The third-order valence-electron chi connectivity index (χ3n) is 5.72. The summed E-state index contributed by atoms with van der Waals surface area (Å²) in [5.74, 6) is -0.0539. The van der Waals surface area contributed by atoms with Crippen LogP contribution in [0.4, 0.5) is 5.13 Å². The van der Waals surface area contributed by atoms with Gasteiger partial charge in [-0.1, -0.05) is 89.7 Å². The minimum Gasteiger partial charge on any atom is -0.284 e. The van der Waals surface area contributed by atoms with E-state index in [-0.39, 0.29) is 11.8 Å². The molecule has 0 unspecified atom stereocenters. The molecule has 0 aliphatic carbocycles. The van der Waals surface area contributed by atoms with Crippen molar-refractivity contribution in [2.45, 2.75) is 18.9 Å². The summed E-state index contributed by atoms with van der Waals surface area (Å²) >= 11 is 7.67. The van der Waals surface area contributed by atoms with Crippen molar-refractivity contribution >= 4 is 44.2 Å². The Morgan fingerprint density at radius 3 is 2.26 bits per heavy atom. The molecule has 0 aliphatic heterocycles. The maximum atomic E-state index is 13.9. The molecule has 0 saturated heterocycles. The van der Waals surface area contributed by atoms with Gasteiger partial charge in [0.2, 0.25) is 5.91 Å². The number of carbonyl (C=O) groups excluding carboxylic acids is 1. The van der Waals surface area contributed by atoms with Gasteiger partial charge in [0.15, 0.2) is 5.13 Å². The van der Waals surface area contributed by atoms with Crippen molar-refractivity contribution in [2.75, 3.05) is 4.90 Å². The van der Waals surface area contributed by atoms with Crippen molar-refractivity contribution in [3.63, 3.8) is 0 Å². The Morgan fingerprint density at radius 1 is 0.912 bits per heavy atom. The smallest absolute Gasteiger partial charge is 0.230 e. The normalized spacial score (nSPS) is 11.1. The van der Waals surface area contributed by atoms with Gasteiger partial charge in [0, 0.05) is 29.8 Å². The Morgan fingerprint density at radius 2 is 1.62 bits per heavy atom. The lowest BCUT2D eigenvalue weighted by Gasteiger charge is -2.24. The molecule has 0 atom stereocenters. The van der Waals surface area contributed by atoms with Crippen LogP contribution in [-0.2, 0) is 11.3 Å². The van der Waals surface area contributed by atoms with Crippen LogP contribution in [-0.4, -0.2) is 15.9 Å². The quantitative estimate of drug-likeness (QED) is 0.248. The van der Waals surface area contributed by atoms with Gasteiger partial charge in [-0.05, 0) is 41.0 Å². The number of carbonyl (C=O) groups is 1. The second-order valence-corrected chi connectivity index (χ2v) is 9.47. The number of hydrogen-bond acceptors (Lipinski definition) is 4. The van der Waals surface area contributed by atoms with Crippen molar-refractivity contribution in [1.29, 1.82) is 0 Å². The van der Waals surface area contributed by atoms with E-state index in [0.717, 1.165) is 26.9 Å². The molecule has 2 heterocycles. The van der Waals surface area contributed by atoms with Crippen LogP contribution in [0, 0.1) is 0 Å². The van der Waals surface area contributed by atoms with E-state index in [9.17, 15) is 4.79 Å². The van der Waals surface area contributed by atoms with Gasteiger partial charge in [-0.25, -0.2) is 4.98 Å². The summed E-state index contributed by atoms with van der Waals surface area (Å²) in [6.07, 6.45) is 3.84. The first-order valence-corrected chi connectivity index (χ1v) is 12.2. The topological polar surface area (TPSA) is 46.1 Å². The number of fused-ring (bicyclic) bond motifs is 1. The van der Waals surface area contributed by atoms with Gasteiger partial charge >= 0.3 is 0 Å². The summed E-state index contributed by atoms with van der Waals surface area (Å²) in [4.78, 5) is 24.7. The van der Waals surface area contributed by atoms with Crippen molar-refractivity contribution < 1.29 is 4.79 Å². The Balaban J connectivity index is 1.52. The number of rotatable bonds is 7. The fraction of sp³-hybridized carbons (Fsp3) is 0.107. The number of hydrogen-bond donors (Lipinski definition) is 0. The van der Waals surface area contributed by atoms with E-state index in [1.54, 1.807) is 17.3 Å². The minimum atomic E-state index is -0.0601. The third kappa shape index (κ3) is 5.01. The average molecular weight is 484 g/mol. The summed E-state index contributed by atoms with van der Waals surface area (Å²) < 4.78 is 0.953. The van der Waals surface area contributed by atoms with E-state index in [1.807, 2.05) is 66.7 Å². The lowest BCUT2D eigenvalue weighted by Crippen LogP contribution is -2.31. The Labute approximate surface area is 207 Å². The lowest BCUT2D eigenvalue weighted by molar-refractivity contribution is -0.119. The van der Waals surface area contributed by atoms with E-state index in [2.05, 4.69) is 29.2 Å². The van der Waals surface area contributed by atoms with Crippen molar-refractivity contribution in [2.24, 2.45) is 0 Å². The molecule has 0 fully saturated rings. The molecule has 0 N–H and O–H groups in total. The fourth-order valence-electron chi connectivity index (χ4n) is 4.02. The van der Waals surface area contributed by atoms with Gasteiger partial charge in [-0.15, -0.1) is 0 Å². The molecule has 5 aromatic rings. The maximum absolute atomic E-state index is 13.9. The zero-order valence-corrected chi connectivity index (χ0v) is 19.9. The Kier molecular flexibility index (Phi) is 6.65. The zero-order valence-electron chi connectivity index (χ0n) is 18.3.